The minimum atomic E-state index is -3.98. The Morgan fingerprint density at radius 1 is 1.35 bits per heavy atom. The Balaban J connectivity index is 2.05. The fourth-order valence-electron chi connectivity index (χ4n) is 2.77. The van der Waals surface area contributed by atoms with Crippen LogP contribution >= 0.6 is 0 Å². The summed E-state index contributed by atoms with van der Waals surface area (Å²) in [6.45, 7) is -0.183. The number of nitrogens with zero attached hydrogens (tertiary/aromatic N) is 3. The molecule has 0 radical (unpaired) electrons. The van der Waals surface area contributed by atoms with Gasteiger partial charge in [0.25, 0.3) is 0 Å². The van der Waals surface area contributed by atoms with Crippen LogP contribution in [0, 0.1) is 11.6 Å². The molecule has 1 fully saturated rings. The second kappa shape index (κ2) is 5.66. The molecule has 1 aliphatic rings. The molecule has 0 saturated carbocycles. The summed E-state index contributed by atoms with van der Waals surface area (Å²) in [6, 6.07) is 1.91. The second-order valence-electron chi connectivity index (χ2n) is 5.50. The van der Waals surface area contributed by atoms with Gasteiger partial charge in [-0.3, -0.25) is 4.68 Å². The molecule has 1 aliphatic heterocycles. The fraction of sp³-hybridized carbons (Fsp3) is 0.357. The highest BCUT2D eigenvalue weighted by Crippen LogP contribution is 2.37. The molecule has 1 N–H and O–H groups in total. The zero-order chi connectivity index (χ0) is 16.8. The first kappa shape index (κ1) is 16.0. The lowest BCUT2D eigenvalue weighted by Gasteiger charge is -2.23. The molecule has 0 spiro atoms. The minimum absolute atomic E-state index is 0.000133. The van der Waals surface area contributed by atoms with E-state index in [0.717, 1.165) is 22.5 Å². The van der Waals surface area contributed by atoms with Gasteiger partial charge in [0.15, 0.2) is 0 Å². The quantitative estimate of drug-likeness (QED) is 0.909. The third-order valence-electron chi connectivity index (χ3n) is 3.84. The van der Waals surface area contributed by atoms with Crippen LogP contribution in [0.15, 0.2) is 35.5 Å². The molecule has 0 amide bonds. The van der Waals surface area contributed by atoms with Gasteiger partial charge in [-0.1, -0.05) is 0 Å². The summed E-state index contributed by atoms with van der Waals surface area (Å²) in [5, 5.41) is 13.7. The number of rotatable bonds is 3. The summed E-state index contributed by atoms with van der Waals surface area (Å²) in [6.07, 6.45) is 1.55. The maximum Gasteiger partial charge on any atom is 0.246 e. The number of benzene rings is 1. The summed E-state index contributed by atoms with van der Waals surface area (Å²) >= 11 is 0. The van der Waals surface area contributed by atoms with Gasteiger partial charge in [-0.25, -0.2) is 17.2 Å². The third-order valence-corrected chi connectivity index (χ3v) is 5.67. The van der Waals surface area contributed by atoms with Crippen LogP contribution in [-0.4, -0.2) is 40.3 Å². The first-order valence-electron chi connectivity index (χ1n) is 6.92. The summed E-state index contributed by atoms with van der Waals surface area (Å²) in [4.78, 5) is -0.0593. The normalized spacial score (nSPS) is 22.6. The topological polar surface area (TPSA) is 75.4 Å². The molecule has 2 atom stereocenters. The Kier molecular flexibility index (Phi) is 3.95. The lowest BCUT2D eigenvalue weighted by Crippen LogP contribution is -2.32. The van der Waals surface area contributed by atoms with Gasteiger partial charge in [-0.05, 0) is 24.6 Å². The lowest BCUT2D eigenvalue weighted by molar-refractivity contribution is 0.188. The SMILES string of the molecule is Cn1cc(S(=O)(=O)N2C[C@@H](O)C[C@@H]2c2cc(F)ccc2F)cn1. The van der Waals surface area contributed by atoms with E-state index in [0.29, 0.717) is 0 Å². The number of aliphatic hydroxyl groups is 1. The van der Waals surface area contributed by atoms with Crippen LogP contribution < -0.4 is 0 Å². The van der Waals surface area contributed by atoms with E-state index in [1.807, 2.05) is 0 Å². The largest absolute Gasteiger partial charge is 0.392 e. The van der Waals surface area contributed by atoms with Crippen molar-refractivity contribution in [2.24, 2.45) is 7.05 Å². The molecule has 0 aliphatic carbocycles. The van der Waals surface area contributed by atoms with Crippen molar-refractivity contribution in [1.29, 1.82) is 0 Å². The smallest absolute Gasteiger partial charge is 0.246 e. The van der Waals surface area contributed by atoms with Crippen LogP contribution in [0.25, 0.3) is 0 Å². The van der Waals surface area contributed by atoms with Crippen molar-refractivity contribution in [3.8, 4) is 0 Å². The molecule has 2 aromatic rings. The standard InChI is InChI=1S/C14H15F2N3O3S/c1-18-8-11(6-17-18)23(21,22)19-7-10(20)5-14(19)12-4-9(15)2-3-13(12)16/h2-4,6,8,10,14,20H,5,7H2,1H3/t10-,14+/m0/s1. The molecule has 3 rings (SSSR count). The molecule has 1 aromatic carbocycles. The van der Waals surface area contributed by atoms with Gasteiger partial charge in [0, 0.05) is 25.4 Å². The number of hydrogen-bond acceptors (Lipinski definition) is 4. The van der Waals surface area contributed by atoms with E-state index < -0.39 is 33.8 Å². The van der Waals surface area contributed by atoms with Crippen molar-refractivity contribution < 1.29 is 22.3 Å². The molecular formula is C14H15F2N3O3S. The highest BCUT2D eigenvalue weighted by Gasteiger charge is 2.42. The summed E-state index contributed by atoms with van der Waals surface area (Å²) in [7, 11) is -2.41. The second-order valence-corrected chi connectivity index (χ2v) is 7.39. The van der Waals surface area contributed by atoms with E-state index in [1.54, 1.807) is 7.05 Å². The molecule has 1 aromatic heterocycles. The highest BCUT2D eigenvalue weighted by atomic mass is 32.2. The molecule has 0 unspecified atom stereocenters. The van der Waals surface area contributed by atoms with Crippen LogP contribution in [0.2, 0.25) is 0 Å². The maximum atomic E-state index is 14.0. The molecule has 0 bridgehead atoms. The van der Waals surface area contributed by atoms with Gasteiger partial charge in [0.05, 0.1) is 18.3 Å². The zero-order valence-corrected chi connectivity index (χ0v) is 13.0. The summed E-state index contributed by atoms with van der Waals surface area (Å²) < 4.78 is 55.2. The predicted molar refractivity (Wildman–Crippen MR) is 76.8 cm³/mol. The molecule has 23 heavy (non-hydrogen) atoms. The molecular weight excluding hydrogens is 328 g/mol. The molecule has 124 valence electrons. The van der Waals surface area contributed by atoms with E-state index in [9.17, 15) is 22.3 Å². The Morgan fingerprint density at radius 2 is 2.09 bits per heavy atom. The number of β-amino-alcohol motifs (C(OH)–C–C–N with tert-alkyl or cyclic N) is 1. The molecule has 2 heterocycles. The van der Waals surface area contributed by atoms with E-state index in [2.05, 4.69) is 5.10 Å². The number of aliphatic hydroxyl groups excluding tert-OH is 1. The Labute approximate surface area is 132 Å². The average Bonchev–Trinajstić information content (AvgIpc) is 3.08. The first-order chi connectivity index (χ1) is 10.8. The van der Waals surface area contributed by atoms with Crippen molar-refractivity contribution in [2.75, 3.05) is 6.54 Å². The van der Waals surface area contributed by atoms with Crippen molar-refractivity contribution in [1.82, 2.24) is 14.1 Å². The first-order valence-corrected chi connectivity index (χ1v) is 8.36. The summed E-state index contributed by atoms with van der Waals surface area (Å²) in [5.74, 6) is -1.38. The Bertz CT molecular complexity index is 838. The van der Waals surface area contributed by atoms with E-state index >= 15 is 0 Å². The Hall–Kier alpha value is -1.84. The van der Waals surface area contributed by atoms with Gasteiger partial charge in [-0.2, -0.15) is 9.40 Å². The molecule has 1 saturated heterocycles. The van der Waals surface area contributed by atoms with Crippen LogP contribution in [-0.2, 0) is 17.1 Å². The monoisotopic (exact) mass is 343 g/mol. The van der Waals surface area contributed by atoms with E-state index in [1.165, 1.54) is 17.1 Å². The van der Waals surface area contributed by atoms with Gasteiger partial charge in [0.1, 0.15) is 16.5 Å². The number of aryl methyl sites for hydroxylation is 1. The van der Waals surface area contributed by atoms with Gasteiger partial charge in [-0.15, -0.1) is 0 Å². The number of halogens is 2. The molecule has 9 heteroatoms. The lowest BCUT2D eigenvalue weighted by atomic mass is 10.0. The Morgan fingerprint density at radius 3 is 2.74 bits per heavy atom. The minimum Gasteiger partial charge on any atom is -0.392 e. The van der Waals surface area contributed by atoms with Crippen molar-refractivity contribution in [2.45, 2.75) is 23.5 Å². The maximum absolute atomic E-state index is 14.0. The van der Waals surface area contributed by atoms with Crippen molar-refractivity contribution in [3.63, 3.8) is 0 Å². The number of hydrogen-bond donors (Lipinski definition) is 1. The van der Waals surface area contributed by atoms with Crippen LogP contribution in [0.5, 0.6) is 0 Å². The van der Waals surface area contributed by atoms with E-state index in [-0.39, 0.29) is 23.4 Å². The number of aromatic nitrogens is 2. The van der Waals surface area contributed by atoms with Crippen molar-refractivity contribution >= 4 is 10.0 Å². The van der Waals surface area contributed by atoms with E-state index in [4.69, 9.17) is 0 Å². The van der Waals surface area contributed by atoms with Crippen LogP contribution in [0.1, 0.15) is 18.0 Å². The van der Waals surface area contributed by atoms with Crippen molar-refractivity contribution in [3.05, 3.63) is 47.8 Å². The molecule has 6 nitrogen and oxygen atoms in total. The van der Waals surface area contributed by atoms with Gasteiger partial charge < -0.3 is 5.11 Å². The number of sulfonamides is 1. The van der Waals surface area contributed by atoms with Crippen LogP contribution in [0.4, 0.5) is 8.78 Å². The zero-order valence-electron chi connectivity index (χ0n) is 12.2. The highest BCUT2D eigenvalue weighted by molar-refractivity contribution is 7.89. The van der Waals surface area contributed by atoms with Crippen LogP contribution in [0.3, 0.4) is 0 Å². The van der Waals surface area contributed by atoms with Gasteiger partial charge in [0.2, 0.25) is 10.0 Å². The predicted octanol–water partition coefficient (Wildman–Crippen LogP) is 1.19. The average molecular weight is 343 g/mol. The van der Waals surface area contributed by atoms with Gasteiger partial charge >= 0.3 is 0 Å². The third kappa shape index (κ3) is 2.87. The fourth-order valence-corrected chi connectivity index (χ4v) is 4.41. The summed E-state index contributed by atoms with van der Waals surface area (Å²) in [5.41, 5.74) is -0.0889.